The van der Waals surface area contributed by atoms with Crippen molar-refractivity contribution >= 4 is 13.1 Å². The maximum atomic E-state index is 4.33. The zero-order valence-corrected chi connectivity index (χ0v) is 2.68. The molecule has 0 radical (unpaired) electrons. The minimum absolute atomic E-state index is 0.597. The number of rotatable bonds is 0. The third-order valence-corrected chi connectivity index (χ3v) is 0.384. The fourth-order valence-corrected chi connectivity index (χ4v) is 0.196. The first-order chi connectivity index (χ1) is 2.50. The zero-order valence-electron chi connectivity index (χ0n) is 2.68. The third-order valence-electron chi connectivity index (χ3n) is 0.384. The second-order valence-electron chi connectivity index (χ2n) is 0.753. The maximum absolute atomic E-state index is 4.33. The Morgan fingerprint density at radius 1 is 1.80 bits per heavy atom. The second-order valence-corrected chi connectivity index (χ2v) is 0.753. The summed E-state index contributed by atoms with van der Waals surface area (Å²) in [7, 11) is 1.51. The van der Waals surface area contributed by atoms with Crippen LogP contribution >= 0.6 is 0 Å². The van der Waals surface area contributed by atoms with Crippen LogP contribution in [0.5, 0.6) is 0 Å². The van der Waals surface area contributed by atoms with Gasteiger partial charge >= 0.3 is 29.4 Å². The molecule has 0 aliphatic carbocycles. The van der Waals surface area contributed by atoms with Crippen LogP contribution in [0, 0.1) is 0 Å². The van der Waals surface area contributed by atoms with E-state index >= 15 is 0 Å². The minimum atomic E-state index is 0.597. The van der Waals surface area contributed by atoms with Crippen molar-refractivity contribution in [3.05, 3.63) is 0 Å². The van der Waals surface area contributed by atoms with Gasteiger partial charge in [-0.15, -0.1) is 0 Å². The summed E-state index contributed by atoms with van der Waals surface area (Å²) in [5.74, 6) is 1.79. The molecule has 0 bridgehead atoms. The van der Waals surface area contributed by atoms with E-state index in [1.54, 1.807) is 5.97 Å². The molecule has 0 aromatic carbocycles. The summed E-state index contributed by atoms with van der Waals surface area (Å²) in [5.41, 5.74) is 0. The van der Waals surface area contributed by atoms with Crippen LogP contribution in [0.2, 0.25) is 0 Å². The molecular weight excluding hydrogens is 66.8 g/mol. The van der Waals surface area contributed by atoms with Gasteiger partial charge in [-0.1, -0.05) is 0 Å². The van der Waals surface area contributed by atoms with Gasteiger partial charge in [0.05, 0.1) is 0 Å². The van der Waals surface area contributed by atoms with E-state index in [0.29, 0.717) is 6.61 Å². The van der Waals surface area contributed by atoms with Gasteiger partial charge in [0.1, 0.15) is 0 Å². The normalized spacial score (nSPS) is 17.6. The van der Waals surface area contributed by atoms with Gasteiger partial charge < -0.3 is 0 Å². The van der Waals surface area contributed by atoms with E-state index in [1.807, 2.05) is 0 Å². The van der Waals surface area contributed by atoms with E-state index in [1.165, 1.54) is 7.12 Å². The SMILES string of the molecule is B1=CCOO1. The summed E-state index contributed by atoms with van der Waals surface area (Å²) in [6.07, 6.45) is 0. The molecule has 1 heterocycles. The average Bonchev–Trinajstić information content (AvgIpc) is 1.76. The monoisotopic (exact) mass is 70.0 g/mol. The third kappa shape index (κ3) is 0.482. The van der Waals surface area contributed by atoms with Crippen LogP contribution in [0.3, 0.4) is 0 Å². The fourth-order valence-electron chi connectivity index (χ4n) is 0.196. The molecule has 1 rings (SSSR count). The van der Waals surface area contributed by atoms with Crippen LogP contribution in [0.15, 0.2) is 0 Å². The molecule has 2 nitrogen and oxygen atoms in total. The van der Waals surface area contributed by atoms with Crippen molar-refractivity contribution in [3.63, 3.8) is 0 Å². The Labute approximate surface area is 30.6 Å². The Morgan fingerprint density at radius 3 is 3.00 bits per heavy atom. The van der Waals surface area contributed by atoms with Gasteiger partial charge in [0.15, 0.2) is 0 Å². The molecule has 0 aromatic heterocycles. The van der Waals surface area contributed by atoms with E-state index in [-0.39, 0.29) is 0 Å². The predicted molar refractivity (Wildman–Crippen MR) is 18.9 cm³/mol. The summed E-state index contributed by atoms with van der Waals surface area (Å²) in [6, 6.07) is 0. The van der Waals surface area contributed by atoms with Crippen LogP contribution in [0.25, 0.3) is 0 Å². The molecule has 0 atom stereocenters. The molecule has 0 saturated carbocycles. The summed E-state index contributed by atoms with van der Waals surface area (Å²) in [6.45, 7) is 0.597. The van der Waals surface area contributed by atoms with E-state index < -0.39 is 0 Å². The predicted octanol–water partition coefficient (Wildman–Crippen LogP) is -0.630. The van der Waals surface area contributed by atoms with E-state index in [9.17, 15) is 0 Å². The molecule has 0 unspecified atom stereocenters. The topological polar surface area (TPSA) is 18.5 Å². The van der Waals surface area contributed by atoms with Crippen molar-refractivity contribution in [3.8, 4) is 0 Å². The van der Waals surface area contributed by atoms with Crippen LogP contribution in [-0.4, -0.2) is 19.7 Å². The van der Waals surface area contributed by atoms with E-state index in [4.69, 9.17) is 0 Å². The van der Waals surface area contributed by atoms with Crippen molar-refractivity contribution in [2.45, 2.75) is 0 Å². The summed E-state index contributed by atoms with van der Waals surface area (Å²) in [4.78, 5) is 8.60. The molecule has 26 valence electrons. The quantitative estimate of drug-likeness (QED) is 0.279. The van der Waals surface area contributed by atoms with Crippen LogP contribution in [0.1, 0.15) is 0 Å². The van der Waals surface area contributed by atoms with Crippen molar-refractivity contribution in [2.24, 2.45) is 0 Å². The van der Waals surface area contributed by atoms with Crippen molar-refractivity contribution < 1.29 is 9.69 Å². The molecule has 1 aliphatic rings. The van der Waals surface area contributed by atoms with E-state index in [2.05, 4.69) is 9.69 Å². The van der Waals surface area contributed by atoms with Crippen LogP contribution in [-0.2, 0) is 9.69 Å². The summed E-state index contributed by atoms with van der Waals surface area (Å²) < 4.78 is 0. The average molecular weight is 69.9 g/mol. The molecule has 0 amide bonds. The van der Waals surface area contributed by atoms with Gasteiger partial charge in [-0.05, 0) is 0 Å². The second kappa shape index (κ2) is 1.22. The van der Waals surface area contributed by atoms with Gasteiger partial charge in [-0.3, -0.25) is 0 Å². The standard InChI is InChI=1S/C2H3BO2/c1-2-4-5-3-1/h1H,2H2. The van der Waals surface area contributed by atoms with Crippen LogP contribution < -0.4 is 0 Å². The molecule has 5 heavy (non-hydrogen) atoms. The fraction of sp³-hybridized carbons (Fsp3) is 0.500. The Morgan fingerprint density at radius 2 is 2.80 bits per heavy atom. The Hall–Kier alpha value is -0.305. The molecular formula is C2H3BO2. The number of hydrogen-bond acceptors (Lipinski definition) is 2. The van der Waals surface area contributed by atoms with Gasteiger partial charge in [0.2, 0.25) is 0 Å². The summed E-state index contributed by atoms with van der Waals surface area (Å²) in [5, 5.41) is 0. The van der Waals surface area contributed by atoms with Crippen LogP contribution in [0.4, 0.5) is 0 Å². The molecule has 0 N–H and O–H groups in total. The molecule has 0 fully saturated rings. The molecule has 0 saturated heterocycles. The molecule has 0 aromatic rings. The Balaban J connectivity index is 2.32. The van der Waals surface area contributed by atoms with Gasteiger partial charge in [-0.2, -0.15) is 0 Å². The first kappa shape index (κ1) is 2.91. The van der Waals surface area contributed by atoms with Crippen molar-refractivity contribution in [2.75, 3.05) is 6.61 Å². The molecule has 3 heteroatoms. The first-order valence-electron chi connectivity index (χ1n) is 1.43. The van der Waals surface area contributed by atoms with Gasteiger partial charge in [0, 0.05) is 0 Å². The first-order valence-corrected chi connectivity index (χ1v) is 1.43. The molecule has 0 spiro atoms. The van der Waals surface area contributed by atoms with Crippen molar-refractivity contribution in [1.82, 2.24) is 0 Å². The Bertz CT molecular complexity index is 45.6. The van der Waals surface area contributed by atoms with E-state index in [0.717, 1.165) is 0 Å². The summed E-state index contributed by atoms with van der Waals surface area (Å²) >= 11 is 0. The zero-order chi connectivity index (χ0) is 3.54. The van der Waals surface area contributed by atoms with Gasteiger partial charge in [-0.25, -0.2) is 0 Å². The van der Waals surface area contributed by atoms with Crippen molar-refractivity contribution in [1.29, 1.82) is 0 Å². The Kier molecular flexibility index (Phi) is 0.708. The molecule has 1 aliphatic heterocycles. The number of hydrogen-bond donors (Lipinski definition) is 0. The van der Waals surface area contributed by atoms with Gasteiger partial charge in [0.25, 0.3) is 0 Å².